The van der Waals surface area contributed by atoms with Gasteiger partial charge in [-0.2, -0.15) is 0 Å². The van der Waals surface area contributed by atoms with Crippen molar-refractivity contribution >= 4 is 11.8 Å². The Hall–Kier alpha value is -3.02. The quantitative estimate of drug-likeness (QED) is 0.756. The summed E-state index contributed by atoms with van der Waals surface area (Å²) in [6, 6.07) is 10.6. The van der Waals surface area contributed by atoms with Crippen molar-refractivity contribution in [2.24, 2.45) is 0 Å². The minimum absolute atomic E-state index is 0.0413. The Labute approximate surface area is 115 Å². The van der Waals surface area contributed by atoms with E-state index < -0.39 is 0 Å². The number of aromatic hydroxyl groups is 1. The molecule has 0 fully saturated rings. The molecule has 3 heterocycles. The summed E-state index contributed by atoms with van der Waals surface area (Å²) in [6.45, 7) is 0. The molecular weight excluding hydrogens is 254 g/mol. The summed E-state index contributed by atoms with van der Waals surface area (Å²) < 4.78 is 0. The van der Waals surface area contributed by atoms with Gasteiger partial charge in [0.2, 0.25) is 11.8 Å². The molecule has 6 nitrogen and oxygen atoms in total. The molecule has 20 heavy (non-hydrogen) atoms. The predicted octanol–water partition coefficient (Wildman–Crippen LogP) is 2.38. The third-order valence-electron chi connectivity index (χ3n) is 2.60. The molecule has 3 aromatic rings. The number of hydrogen-bond acceptors (Lipinski definition) is 6. The number of rotatable bonds is 3. The molecule has 0 amide bonds. The number of anilines is 2. The van der Waals surface area contributed by atoms with Gasteiger partial charge < -0.3 is 10.4 Å². The van der Waals surface area contributed by atoms with Crippen molar-refractivity contribution in [1.29, 1.82) is 0 Å². The summed E-state index contributed by atoms with van der Waals surface area (Å²) in [7, 11) is 0. The molecule has 0 spiro atoms. The first-order valence-electron chi connectivity index (χ1n) is 5.98. The lowest BCUT2D eigenvalue weighted by atomic mass is 10.2. The zero-order valence-electron chi connectivity index (χ0n) is 10.4. The zero-order valence-corrected chi connectivity index (χ0v) is 10.4. The van der Waals surface area contributed by atoms with E-state index in [2.05, 4.69) is 25.3 Å². The van der Waals surface area contributed by atoms with E-state index in [9.17, 15) is 5.11 Å². The van der Waals surface area contributed by atoms with Gasteiger partial charge in [-0.25, -0.2) is 19.9 Å². The number of hydrogen-bond donors (Lipinski definition) is 2. The van der Waals surface area contributed by atoms with E-state index >= 15 is 0 Å². The average molecular weight is 265 g/mol. The van der Waals surface area contributed by atoms with Crippen molar-refractivity contribution in [3.05, 3.63) is 55.0 Å². The fraction of sp³-hybridized carbons (Fsp3) is 0. The van der Waals surface area contributed by atoms with Gasteiger partial charge in [-0.3, -0.25) is 0 Å². The first-order valence-corrected chi connectivity index (χ1v) is 5.98. The Bertz CT molecular complexity index is 718. The van der Waals surface area contributed by atoms with Crippen LogP contribution in [0.25, 0.3) is 11.3 Å². The van der Waals surface area contributed by atoms with E-state index in [-0.39, 0.29) is 5.88 Å². The largest absolute Gasteiger partial charge is 0.493 e. The molecule has 0 aliphatic heterocycles. The summed E-state index contributed by atoms with van der Waals surface area (Å²) in [5.41, 5.74) is 1.46. The maximum atomic E-state index is 9.40. The van der Waals surface area contributed by atoms with Crippen LogP contribution in [0.15, 0.2) is 55.0 Å². The van der Waals surface area contributed by atoms with Gasteiger partial charge in [-0.15, -0.1) is 0 Å². The molecule has 0 aliphatic rings. The molecule has 6 heteroatoms. The van der Waals surface area contributed by atoms with Crippen LogP contribution in [0.3, 0.4) is 0 Å². The highest BCUT2D eigenvalue weighted by atomic mass is 16.3. The van der Waals surface area contributed by atoms with Gasteiger partial charge >= 0.3 is 0 Å². The predicted molar refractivity (Wildman–Crippen MR) is 74.4 cm³/mol. The molecule has 0 aliphatic carbocycles. The summed E-state index contributed by atoms with van der Waals surface area (Å²) in [6.07, 6.45) is 4.86. The Morgan fingerprint density at radius 2 is 1.80 bits per heavy atom. The molecule has 0 unspecified atom stereocenters. The maximum Gasteiger partial charge on any atom is 0.228 e. The van der Waals surface area contributed by atoms with Gasteiger partial charge in [0, 0.05) is 30.2 Å². The highest BCUT2D eigenvalue weighted by molar-refractivity contribution is 5.61. The lowest BCUT2D eigenvalue weighted by Gasteiger charge is -2.05. The van der Waals surface area contributed by atoms with Crippen LogP contribution in [0.1, 0.15) is 0 Å². The number of aromatic nitrogens is 4. The molecule has 0 saturated carbocycles. The van der Waals surface area contributed by atoms with Gasteiger partial charge in [-0.1, -0.05) is 6.07 Å². The number of pyridine rings is 2. The topological polar surface area (TPSA) is 83.8 Å². The smallest absolute Gasteiger partial charge is 0.228 e. The van der Waals surface area contributed by atoms with Crippen LogP contribution >= 0.6 is 0 Å². The van der Waals surface area contributed by atoms with Gasteiger partial charge in [0.25, 0.3) is 0 Å². The van der Waals surface area contributed by atoms with Crippen molar-refractivity contribution in [1.82, 2.24) is 19.9 Å². The van der Waals surface area contributed by atoms with Gasteiger partial charge in [0.1, 0.15) is 5.82 Å². The first kappa shape index (κ1) is 12.0. The summed E-state index contributed by atoms with van der Waals surface area (Å²) in [5.74, 6) is 1.07. The fourth-order valence-corrected chi connectivity index (χ4v) is 1.71. The van der Waals surface area contributed by atoms with Crippen LogP contribution < -0.4 is 5.32 Å². The standard InChI is InChI=1S/C14H11N5O/c20-13-9-10(4-7-16-13)11-5-8-17-14(18-11)19-12-3-1-2-6-15-12/h1-9H,(H,16,20)(H,15,17,18,19). The summed E-state index contributed by atoms with van der Waals surface area (Å²) >= 11 is 0. The fourth-order valence-electron chi connectivity index (χ4n) is 1.71. The third kappa shape index (κ3) is 2.69. The van der Waals surface area contributed by atoms with E-state index in [0.29, 0.717) is 17.5 Å². The lowest BCUT2D eigenvalue weighted by Crippen LogP contribution is -1.99. The van der Waals surface area contributed by atoms with Crippen LogP contribution in [0.4, 0.5) is 11.8 Å². The van der Waals surface area contributed by atoms with Crippen molar-refractivity contribution in [3.63, 3.8) is 0 Å². The van der Waals surface area contributed by atoms with E-state index in [1.54, 1.807) is 30.6 Å². The molecule has 0 aromatic carbocycles. The van der Waals surface area contributed by atoms with Crippen LogP contribution in [0.5, 0.6) is 5.88 Å². The van der Waals surface area contributed by atoms with Crippen molar-refractivity contribution < 1.29 is 5.11 Å². The second kappa shape index (κ2) is 5.31. The minimum Gasteiger partial charge on any atom is -0.493 e. The highest BCUT2D eigenvalue weighted by Gasteiger charge is 2.04. The minimum atomic E-state index is -0.0413. The van der Waals surface area contributed by atoms with E-state index in [4.69, 9.17) is 0 Å². The van der Waals surface area contributed by atoms with Crippen molar-refractivity contribution in [2.75, 3.05) is 5.32 Å². The molecule has 0 radical (unpaired) electrons. The van der Waals surface area contributed by atoms with Crippen molar-refractivity contribution in [2.45, 2.75) is 0 Å². The number of nitrogens with one attached hydrogen (secondary N) is 1. The van der Waals surface area contributed by atoms with Crippen LogP contribution in [0, 0.1) is 0 Å². The van der Waals surface area contributed by atoms with Crippen LogP contribution in [-0.4, -0.2) is 25.0 Å². The van der Waals surface area contributed by atoms with E-state index in [1.807, 2.05) is 18.2 Å². The van der Waals surface area contributed by atoms with E-state index in [1.165, 1.54) is 6.20 Å². The Balaban J connectivity index is 1.90. The molecular formula is C14H11N5O. The van der Waals surface area contributed by atoms with Crippen LogP contribution in [0.2, 0.25) is 0 Å². The Morgan fingerprint density at radius 1 is 0.900 bits per heavy atom. The summed E-state index contributed by atoms with van der Waals surface area (Å²) in [5, 5.41) is 12.4. The normalized spacial score (nSPS) is 10.2. The summed E-state index contributed by atoms with van der Waals surface area (Å²) in [4.78, 5) is 16.4. The molecule has 0 saturated heterocycles. The highest BCUT2D eigenvalue weighted by Crippen LogP contribution is 2.20. The SMILES string of the molecule is Oc1cc(-c2ccnc(Nc3ccccn3)n2)ccn1. The van der Waals surface area contributed by atoms with E-state index in [0.717, 1.165) is 5.56 Å². The molecule has 3 aromatic heterocycles. The monoisotopic (exact) mass is 265 g/mol. The maximum absolute atomic E-state index is 9.40. The molecule has 0 atom stereocenters. The third-order valence-corrected chi connectivity index (χ3v) is 2.60. The average Bonchev–Trinajstić information content (AvgIpc) is 2.49. The Morgan fingerprint density at radius 3 is 2.60 bits per heavy atom. The van der Waals surface area contributed by atoms with Gasteiger partial charge in [0.15, 0.2) is 0 Å². The van der Waals surface area contributed by atoms with Crippen molar-refractivity contribution in [3.8, 4) is 17.1 Å². The van der Waals surface area contributed by atoms with Gasteiger partial charge in [-0.05, 0) is 24.3 Å². The second-order valence-corrected chi connectivity index (χ2v) is 4.01. The van der Waals surface area contributed by atoms with Crippen LogP contribution in [-0.2, 0) is 0 Å². The van der Waals surface area contributed by atoms with Gasteiger partial charge in [0.05, 0.1) is 5.69 Å². The zero-order chi connectivity index (χ0) is 13.8. The molecule has 2 N–H and O–H groups in total. The Kier molecular flexibility index (Phi) is 3.20. The molecule has 98 valence electrons. The lowest BCUT2D eigenvalue weighted by molar-refractivity contribution is 0.454. The number of nitrogens with zero attached hydrogens (tertiary/aromatic N) is 4. The molecule has 3 rings (SSSR count). The first-order chi connectivity index (χ1) is 9.81. The molecule has 0 bridgehead atoms. The second-order valence-electron chi connectivity index (χ2n) is 4.01.